The van der Waals surface area contributed by atoms with Crippen LogP contribution in [0.25, 0.3) is 0 Å². The van der Waals surface area contributed by atoms with Gasteiger partial charge in [0.2, 0.25) is 0 Å². The van der Waals surface area contributed by atoms with Crippen molar-refractivity contribution in [2.45, 2.75) is 31.3 Å². The van der Waals surface area contributed by atoms with Crippen LogP contribution in [0.15, 0.2) is 64.6 Å². The lowest BCUT2D eigenvalue weighted by atomic mass is 10.2. The number of rotatable bonds is 14. The fraction of sp³-hybridized carbons (Fsp3) is 0.435. The predicted molar refractivity (Wildman–Crippen MR) is 142 cm³/mol. The molecule has 33 heavy (non-hydrogen) atoms. The van der Waals surface area contributed by atoms with Crippen LogP contribution in [0.1, 0.15) is 25.3 Å². The summed E-state index contributed by atoms with van der Waals surface area (Å²) in [6.45, 7) is 4.60. The average Bonchev–Trinajstić information content (AvgIpc) is 2.77. The van der Waals surface area contributed by atoms with Crippen LogP contribution in [-0.2, 0) is 21.4 Å². The van der Waals surface area contributed by atoms with Gasteiger partial charge in [-0.2, -0.15) is 5.10 Å². The number of benzene rings is 2. The summed E-state index contributed by atoms with van der Waals surface area (Å²) in [5.74, 6) is 0. The van der Waals surface area contributed by atoms with Gasteiger partial charge in [0, 0.05) is 38.0 Å². The van der Waals surface area contributed by atoms with Gasteiger partial charge in [-0.3, -0.25) is 4.31 Å². The molecular weight excluding hydrogens is 483 g/mol. The predicted octanol–water partition coefficient (Wildman–Crippen LogP) is 4.18. The molecule has 0 saturated carbocycles. The molecule has 0 amide bonds. The topological polar surface area (TPSA) is 74.2 Å². The van der Waals surface area contributed by atoms with Crippen molar-refractivity contribution < 1.29 is 13.2 Å². The third-order valence-electron chi connectivity index (χ3n) is 4.65. The van der Waals surface area contributed by atoms with E-state index in [9.17, 15) is 8.42 Å². The molecule has 0 saturated heterocycles. The molecule has 0 aliphatic heterocycles. The molecule has 0 unspecified atom stereocenters. The van der Waals surface area contributed by atoms with Gasteiger partial charge in [-0.15, -0.1) is 24.8 Å². The Labute approximate surface area is 211 Å². The van der Waals surface area contributed by atoms with Gasteiger partial charge < -0.3 is 15.1 Å². The monoisotopic (exact) mass is 518 g/mol. The van der Waals surface area contributed by atoms with Gasteiger partial charge >= 0.3 is 0 Å². The van der Waals surface area contributed by atoms with E-state index in [2.05, 4.69) is 10.5 Å². The number of anilines is 1. The fourth-order valence-corrected chi connectivity index (χ4v) is 4.52. The number of unbranched alkanes of at least 4 members (excludes halogenated alkanes) is 1. The Morgan fingerprint density at radius 2 is 1.64 bits per heavy atom. The van der Waals surface area contributed by atoms with Gasteiger partial charge in [0.25, 0.3) is 10.0 Å². The van der Waals surface area contributed by atoms with Crippen LogP contribution in [0.4, 0.5) is 5.69 Å². The summed E-state index contributed by atoms with van der Waals surface area (Å²) < 4.78 is 34.3. The molecule has 2 aromatic carbocycles. The van der Waals surface area contributed by atoms with Crippen molar-refractivity contribution in [1.29, 1.82) is 0 Å². The summed E-state index contributed by atoms with van der Waals surface area (Å²) in [5.41, 5.74) is 4.47. The van der Waals surface area contributed by atoms with Gasteiger partial charge in [0.05, 0.1) is 17.2 Å². The lowest BCUT2D eigenvalue weighted by Crippen LogP contribution is -2.37. The highest BCUT2D eigenvalue weighted by Gasteiger charge is 2.26. The minimum absolute atomic E-state index is 0. The van der Waals surface area contributed by atoms with Crippen molar-refractivity contribution in [3.8, 4) is 0 Å². The molecule has 0 fully saturated rings. The third kappa shape index (κ3) is 10.3. The van der Waals surface area contributed by atoms with Crippen LogP contribution in [0, 0.1) is 0 Å². The van der Waals surface area contributed by atoms with Crippen molar-refractivity contribution in [2.24, 2.45) is 5.10 Å². The Morgan fingerprint density at radius 3 is 2.30 bits per heavy atom. The number of halogens is 2. The Bertz CT molecular complexity index is 913. The summed E-state index contributed by atoms with van der Waals surface area (Å²) in [6, 6.07) is 16.1. The molecule has 0 spiro atoms. The fourth-order valence-electron chi connectivity index (χ4n) is 3.00. The first-order valence-electron chi connectivity index (χ1n) is 10.6. The largest absolute Gasteiger partial charge is 0.377 e. The maximum absolute atomic E-state index is 13.4. The zero-order valence-electron chi connectivity index (χ0n) is 19.5. The molecule has 2 rings (SSSR count). The molecule has 186 valence electrons. The molecular formula is C23H36Cl2N4O3S. The summed E-state index contributed by atoms with van der Waals surface area (Å²) >= 11 is 0. The Hall–Kier alpha value is -1.84. The van der Waals surface area contributed by atoms with Crippen LogP contribution in [-0.4, -0.2) is 59.9 Å². The number of para-hydroxylation sites is 1. The van der Waals surface area contributed by atoms with E-state index in [4.69, 9.17) is 4.74 Å². The Balaban J connectivity index is 0.00000512. The third-order valence-corrected chi connectivity index (χ3v) is 6.47. The first kappa shape index (κ1) is 31.2. The molecule has 7 nitrogen and oxygen atoms in total. The van der Waals surface area contributed by atoms with Crippen molar-refractivity contribution in [1.82, 2.24) is 10.3 Å². The lowest BCUT2D eigenvalue weighted by molar-refractivity contribution is 0.117. The van der Waals surface area contributed by atoms with Crippen LogP contribution in [0.3, 0.4) is 0 Å². The maximum atomic E-state index is 13.4. The lowest BCUT2D eigenvalue weighted by Gasteiger charge is -2.28. The van der Waals surface area contributed by atoms with E-state index in [0.717, 1.165) is 24.9 Å². The van der Waals surface area contributed by atoms with Crippen LogP contribution in [0.2, 0.25) is 0 Å². The van der Waals surface area contributed by atoms with E-state index in [1.807, 2.05) is 56.3 Å². The van der Waals surface area contributed by atoms with E-state index in [1.165, 1.54) is 4.31 Å². The second-order valence-corrected chi connectivity index (χ2v) is 9.24. The summed E-state index contributed by atoms with van der Waals surface area (Å²) in [6.07, 6.45) is 3.58. The summed E-state index contributed by atoms with van der Waals surface area (Å²) in [5, 5.41) is 3.96. The molecule has 0 bridgehead atoms. The molecule has 0 heterocycles. The van der Waals surface area contributed by atoms with Crippen molar-refractivity contribution >= 4 is 46.7 Å². The quantitative estimate of drug-likeness (QED) is 0.230. The van der Waals surface area contributed by atoms with E-state index in [1.54, 1.807) is 30.5 Å². The number of hydrogen-bond donors (Lipinski definition) is 1. The number of nitrogens with one attached hydrogen (secondary N) is 1. The normalized spacial score (nSPS) is 11.2. The first-order valence-corrected chi connectivity index (χ1v) is 12.0. The van der Waals surface area contributed by atoms with E-state index in [0.29, 0.717) is 32.0 Å². The second kappa shape index (κ2) is 16.7. The average molecular weight is 520 g/mol. The molecule has 0 aliphatic carbocycles. The minimum atomic E-state index is -3.69. The van der Waals surface area contributed by atoms with Gasteiger partial charge in [0.15, 0.2) is 0 Å². The zero-order chi connectivity index (χ0) is 22.5. The first-order chi connectivity index (χ1) is 15.0. The highest BCUT2D eigenvalue weighted by molar-refractivity contribution is 7.92. The smallest absolute Gasteiger partial charge is 0.264 e. The molecule has 0 atom stereocenters. The van der Waals surface area contributed by atoms with Gasteiger partial charge in [-0.1, -0.05) is 36.4 Å². The Morgan fingerprint density at radius 1 is 0.970 bits per heavy atom. The van der Waals surface area contributed by atoms with E-state index in [-0.39, 0.29) is 29.7 Å². The molecule has 0 radical (unpaired) electrons. The zero-order valence-corrected chi connectivity index (χ0v) is 22.0. The summed E-state index contributed by atoms with van der Waals surface area (Å²) in [7, 11) is 0.176. The van der Waals surface area contributed by atoms with E-state index >= 15 is 0 Å². The highest BCUT2D eigenvalue weighted by atomic mass is 35.5. The van der Waals surface area contributed by atoms with Crippen LogP contribution < -0.4 is 9.73 Å². The van der Waals surface area contributed by atoms with E-state index < -0.39 is 10.0 Å². The minimum Gasteiger partial charge on any atom is -0.377 e. The number of ether oxygens (including phenoxy) is 1. The van der Waals surface area contributed by atoms with Crippen molar-refractivity contribution in [2.75, 3.05) is 44.6 Å². The number of likely N-dealkylation sites (N-methyl/N-ethyl adjacent to an activating group) is 1. The highest BCUT2D eigenvalue weighted by Crippen LogP contribution is 2.27. The molecule has 10 heteroatoms. The van der Waals surface area contributed by atoms with Gasteiger partial charge in [-0.25, -0.2) is 8.42 Å². The van der Waals surface area contributed by atoms with Gasteiger partial charge in [-0.05, 0) is 52.1 Å². The van der Waals surface area contributed by atoms with Crippen LogP contribution >= 0.6 is 24.8 Å². The number of hydrogen-bond acceptors (Lipinski definition) is 6. The van der Waals surface area contributed by atoms with Gasteiger partial charge in [0.1, 0.15) is 0 Å². The van der Waals surface area contributed by atoms with Crippen molar-refractivity contribution in [3.05, 3.63) is 60.2 Å². The molecule has 0 aromatic heterocycles. The summed E-state index contributed by atoms with van der Waals surface area (Å²) in [4.78, 5) is 2.26. The molecule has 1 N–H and O–H groups in total. The second-order valence-electron chi connectivity index (χ2n) is 7.38. The molecule has 0 aliphatic rings. The standard InChI is InChI=1S/C23H34N4O3S.2ClH/c1-4-24-25-16-10-11-19-30-20-21-12-8-9-15-23(21)27(18-17-26(2)3)31(28,29)22-13-6-5-7-14-22;;/h4-9,12-15,25H,10-11,16-20H2,1-3H3;2*1H/b24-4+;;. The number of sulfonamides is 1. The number of nitrogens with zero attached hydrogens (tertiary/aromatic N) is 3. The van der Waals surface area contributed by atoms with Crippen molar-refractivity contribution in [3.63, 3.8) is 0 Å². The maximum Gasteiger partial charge on any atom is 0.264 e. The SMILES string of the molecule is C/C=N/NCCCCOCc1ccccc1N(CCN(C)C)S(=O)(=O)c1ccccc1.Cl.Cl. The number of hydrazone groups is 1. The molecule has 2 aromatic rings. The van der Waals surface area contributed by atoms with Crippen LogP contribution in [0.5, 0.6) is 0 Å². The Kier molecular flexibility index (Phi) is 15.8.